The van der Waals surface area contributed by atoms with Crippen LogP contribution >= 0.6 is 34.8 Å². The second-order valence-electron chi connectivity index (χ2n) is 5.38. The van der Waals surface area contributed by atoms with E-state index in [1.54, 1.807) is 0 Å². The molecule has 0 amide bonds. The third kappa shape index (κ3) is 6.46. The van der Waals surface area contributed by atoms with Gasteiger partial charge in [-0.05, 0) is 6.92 Å². The summed E-state index contributed by atoms with van der Waals surface area (Å²) in [4.78, 5) is 34.3. The normalized spacial score (nSPS) is 28.7. The molecule has 1 aliphatic heterocycles. The molecule has 0 aromatic carbocycles. The van der Waals surface area contributed by atoms with Crippen molar-refractivity contribution in [3.8, 4) is 0 Å². The SMILES string of the molecule is CC(=O)O[C@H]1[C@H](OC(C)=O)[C@@H](OC(=N)C(Cl)(Cl)Cl)O[C@@H](C)[C@H]1OC(C)=O. The molecule has 1 heterocycles. The molecular weight excluding hydrogens is 417 g/mol. The fraction of sp³-hybridized carbons (Fsp3) is 0.714. The molecule has 5 atom stereocenters. The van der Waals surface area contributed by atoms with Gasteiger partial charge in [0, 0.05) is 20.8 Å². The summed E-state index contributed by atoms with van der Waals surface area (Å²) in [6, 6.07) is 0. The summed E-state index contributed by atoms with van der Waals surface area (Å²) < 4.78 is 23.9. The van der Waals surface area contributed by atoms with E-state index in [-0.39, 0.29) is 0 Å². The van der Waals surface area contributed by atoms with Crippen LogP contribution in [0.5, 0.6) is 0 Å². The van der Waals surface area contributed by atoms with E-state index in [0.29, 0.717) is 0 Å². The number of esters is 3. The smallest absolute Gasteiger partial charge is 0.303 e. The second-order valence-corrected chi connectivity index (χ2v) is 7.66. The summed E-state index contributed by atoms with van der Waals surface area (Å²) in [6.45, 7) is 4.87. The predicted octanol–water partition coefficient (Wildman–Crippen LogP) is 1.89. The van der Waals surface area contributed by atoms with Crippen LogP contribution in [-0.2, 0) is 38.1 Å². The average Bonchev–Trinajstić information content (AvgIpc) is 2.44. The van der Waals surface area contributed by atoms with Gasteiger partial charge in [0.15, 0.2) is 12.2 Å². The lowest BCUT2D eigenvalue weighted by Crippen LogP contribution is -2.61. The van der Waals surface area contributed by atoms with E-state index in [1.807, 2.05) is 0 Å². The Morgan fingerprint density at radius 3 is 1.69 bits per heavy atom. The summed E-state index contributed by atoms with van der Waals surface area (Å²) in [5.74, 6) is -2.96. The van der Waals surface area contributed by atoms with Crippen molar-refractivity contribution in [3.63, 3.8) is 0 Å². The van der Waals surface area contributed by atoms with Crippen molar-refractivity contribution in [2.24, 2.45) is 0 Å². The van der Waals surface area contributed by atoms with Crippen molar-refractivity contribution in [1.29, 1.82) is 5.41 Å². The molecule has 0 unspecified atom stereocenters. The summed E-state index contributed by atoms with van der Waals surface area (Å²) in [5, 5.41) is 7.65. The summed E-state index contributed by atoms with van der Waals surface area (Å²) >= 11 is 16.7. The minimum atomic E-state index is -2.20. The molecule has 1 rings (SSSR count). The van der Waals surface area contributed by atoms with Crippen molar-refractivity contribution in [1.82, 2.24) is 0 Å². The largest absolute Gasteiger partial charge is 0.456 e. The first-order valence-corrected chi connectivity index (χ1v) is 8.45. The molecule has 0 saturated carbocycles. The van der Waals surface area contributed by atoms with Crippen molar-refractivity contribution >= 4 is 58.6 Å². The minimum Gasteiger partial charge on any atom is -0.456 e. The quantitative estimate of drug-likeness (QED) is 0.234. The van der Waals surface area contributed by atoms with Gasteiger partial charge in [0.1, 0.15) is 0 Å². The van der Waals surface area contributed by atoms with Crippen LogP contribution in [0.1, 0.15) is 27.7 Å². The Morgan fingerprint density at radius 1 is 0.846 bits per heavy atom. The summed E-state index contributed by atoms with van der Waals surface area (Å²) in [7, 11) is 0. The van der Waals surface area contributed by atoms with Crippen molar-refractivity contribution in [3.05, 3.63) is 0 Å². The molecule has 1 aliphatic rings. The van der Waals surface area contributed by atoms with Crippen LogP contribution in [0.2, 0.25) is 0 Å². The first-order chi connectivity index (χ1) is 11.8. The molecule has 9 nitrogen and oxygen atoms in total. The number of alkyl halides is 3. The maximum atomic E-state index is 11.5. The molecule has 0 aromatic heterocycles. The molecule has 1 N–H and O–H groups in total. The van der Waals surface area contributed by atoms with E-state index < -0.39 is 58.3 Å². The van der Waals surface area contributed by atoms with Gasteiger partial charge in [0.25, 0.3) is 3.79 Å². The number of carbonyl (C=O) groups excluding carboxylic acids is 3. The molecule has 1 fully saturated rings. The lowest BCUT2D eigenvalue weighted by molar-refractivity contribution is -0.284. The van der Waals surface area contributed by atoms with E-state index >= 15 is 0 Å². The average molecular weight is 435 g/mol. The molecule has 1 saturated heterocycles. The molecule has 0 aliphatic carbocycles. The van der Waals surface area contributed by atoms with Gasteiger partial charge in [-0.25, -0.2) is 0 Å². The van der Waals surface area contributed by atoms with E-state index in [2.05, 4.69) is 0 Å². The van der Waals surface area contributed by atoms with Crippen molar-refractivity contribution < 1.29 is 38.1 Å². The first kappa shape index (κ1) is 22.8. The predicted molar refractivity (Wildman–Crippen MR) is 90.1 cm³/mol. The van der Waals surface area contributed by atoms with Crippen LogP contribution in [0, 0.1) is 5.41 Å². The molecule has 0 spiro atoms. The fourth-order valence-electron chi connectivity index (χ4n) is 2.25. The number of halogens is 3. The third-order valence-corrected chi connectivity index (χ3v) is 3.64. The fourth-order valence-corrected chi connectivity index (χ4v) is 2.38. The van der Waals surface area contributed by atoms with Crippen LogP contribution in [-0.4, -0.2) is 58.3 Å². The Balaban J connectivity index is 3.21. The summed E-state index contributed by atoms with van der Waals surface area (Å²) in [6.07, 6.45) is -6.05. The lowest BCUT2D eigenvalue weighted by Gasteiger charge is -2.43. The van der Waals surface area contributed by atoms with E-state index in [1.165, 1.54) is 6.92 Å². The lowest BCUT2D eigenvalue weighted by atomic mass is 9.99. The number of ether oxygens (including phenoxy) is 5. The van der Waals surface area contributed by atoms with Gasteiger partial charge in [0.2, 0.25) is 18.3 Å². The van der Waals surface area contributed by atoms with Crippen LogP contribution in [0.3, 0.4) is 0 Å². The number of hydrogen-bond acceptors (Lipinski definition) is 9. The monoisotopic (exact) mass is 433 g/mol. The molecule has 26 heavy (non-hydrogen) atoms. The highest BCUT2D eigenvalue weighted by atomic mass is 35.6. The Kier molecular flexibility index (Phi) is 7.94. The van der Waals surface area contributed by atoms with Gasteiger partial charge in [-0.1, -0.05) is 34.8 Å². The Hall–Kier alpha value is -1.29. The molecule has 148 valence electrons. The highest BCUT2D eigenvalue weighted by Gasteiger charge is 2.52. The zero-order valence-corrected chi connectivity index (χ0v) is 16.6. The Bertz CT molecular complexity index is 579. The van der Waals surface area contributed by atoms with Gasteiger partial charge in [-0.15, -0.1) is 0 Å². The van der Waals surface area contributed by atoms with E-state index in [4.69, 9.17) is 63.9 Å². The van der Waals surface area contributed by atoms with Crippen LogP contribution in [0.4, 0.5) is 0 Å². The minimum absolute atomic E-state index is 0.669. The highest BCUT2D eigenvalue weighted by molar-refractivity contribution is 6.76. The molecular formula is C14H18Cl3NO8. The number of hydrogen-bond donors (Lipinski definition) is 1. The van der Waals surface area contributed by atoms with Crippen molar-refractivity contribution in [2.45, 2.75) is 62.2 Å². The van der Waals surface area contributed by atoms with Gasteiger partial charge in [-0.3, -0.25) is 19.8 Å². The maximum Gasteiger partial charge on any atom is 0.303 e. The zero-order chi connectivity index (χ0) is 20.2. The van der Waals surface area contributed by atoms with Gasteiger partial charge in [0.05, 0.1) is 6.10 Å². The van der Waals surface area contributed by atoms with E-state index in [9.17, 15) is 14.4 Å². The molecule has 12 heteroatoms. The topological polar surface area (TPSA) is 121 Å². The first-order valence-electron chi connectivity index (χ1n) is 7.32. The standard InChI is InChI=1S/C14H18Cl3NO8/c1-5-9(23-6(2)19)10(24-7(3)20)11(25-8(4)21)12(22-5)26-13(18)14(15,16)17/h5,9-12,18H,1-4H3/t5-,9+,10+,11-,12+/m0/s1. The highest BCUT2D eigenvalue weighted by Crippen LogP contribution is 2.33. The number of carbonyl (C=O) groups is 3. The summed E-state index contributed by atoms with van der Waals surface area (Å²) in [5.41, 5.74) is 0. The van der Waals surface area contributed by atoms with Crippen molar-refractivity contribution in [2.75, 3.05) is 0 Å². The van der Waals surface area contributed by atoms with Crippen LogP contribution in [0.25, 0.3) is 0 Å². The van der Waals surface area contributed by atoms with E-state index in [0.717, 1.165) is 20.8 Å². The van der Waals surface area contributed by atoms with Gasteiger partial charge >= 0.3 is 17.9 Å². The van der Waals surface area contributed by atoms with Gasteiger partial charge in [-0.2, -0.15) is 0 Å². The van der Waals surface area contributed by atoms with Gasteiger partial charge < -0.3 is 23.7 Å². The molecule has 0 bridgehead atoms. The molecule has 0 aromatic rings. The van der Waals surface area contributed by atoms with Crippen LogP contribution in [0.15, 0.2) is 0 Å². The Morgan fingerprint density at radius 2 is 1.27 bits per heavy atom. The Labute approximate surface area is 164 Å². The second kappa shape index (κ2) is 9.07. The number of rotatable bonds is 4. The van der Waals surface area contributed by atoms with Crippen LogP contribution < -0.4 is 0 Å². The third-order valence-electron chi connectivity index (χ3n) is 3.12. The zero-order valence-electron chi connectivity index (χ0n) is 14.3. The molecule has 0 radical (unpaired) electrons. The number of nitrogens with one attached hydrogen (secondary N) is 1. The maximum absolute atomic E-state index is 11.5.